The lowest BCUT2D eigenvalue weighted by Gasteiger charge is -2.29. The van der Waals surface area contributed by atoms with Crippen molar-refractivity contribution >= 4 is 37.9 Å². The molecule has 0 amide bonds. The second kappa shape index (κ2) is 7.47. The molecule has 0 spiro atoms. The zero-order valence-electron chi connectivity index (χ0n) is 16.2. The molecule has 2 aromatic carbocycles. The Morgan fingerprint density at radius 2 is 2.03 bits per heavy atom. The Morgan fingerprint density at radius 3 is 2.67 bits per heavy atom. The quantitative estimate of drug-likeness (QED) is 0.474. The number of anilines is 1. The van der Waals surface area contributed by atoms with Crippen molar-refractivity contribution in [2.45, 2.75) is 11.3 Å². The van der Waals surface area contributed by atoms with E-state index in [4.69, 9.17) is 9.88 Å². The van der Waals surface area contributed by atoms with Crippen molar-refractivity contribution in [2.24, 2.45) is 5.14 Å². The molecule has 3 N–H and O–H groups in total. The second-order valence-electron chi connectivity index (χ2n) is 6.99. The van der Waals surface area contributed by atoms with Gasteiger partial charge in [-0.25, -0.2) is 13.6 Å². The molecule has 3 aromatic rings. The summed E-state index contributed by atoms with van der Waals surface area (Å²) < 4.78 is 29.4. The molecule has 0 aliphatic carbocycles. The smallest absolute Gasteiger partial charge is 0.270 e. The molecule has 1 aromatic heterocycles. The summed E-state index contributed by atoms with van der Waals surface area (Å²) in [5.41, 5.74) is 3.24. The summed E-state index contributed by atoms with van der Waals surface area (Å²) in [7, 11) is -2.49. The highest BCUT2D eigenvalue weighted by Gasteiger charge is 2.24. The molecule has 30 heavy (non-hydrogen) atoms. The van der Waals surface area contributed by atoms with Crippen molar-refractivity contribution in [3.63, 3.8) is 0 Å². The number of rotatable bonds is 5. The van der Waals surface area contributed by atoms with Gasteiger partial charge in [-0.05, 0) is 36.3 Å². The van der Waals surface area contributed by atoms with Gasteiger partial charge in [0.15, 0.2) is 0 Å². The molecular formula is C20H20N4O5S. The van der Waals surface area contributed by atoms with E-state index in [0.29, 0.717) is 25.2 Å². The Morgan fingerprint density at radius 1 is 1.23 bits per heavy atom. The van der Waals surface area contributed by atoms with Crippen LogP contribution < -0.4 is 14.8 Å². The predicted octanol–water partition coefficient (Wildman–Crippen LogP) is 3.03. The van der Waals surface area contributed by atoms with E-state index in [-0.39, 0.29) is 10.6 Å². The van der Waals surface area contributed by atoms with E-state index in [9.17, 15) is 18.5 Å². The number of nitro groups is 1. The van der Waals surface area contributed by atoms with Crippen LogP contribution in [0.15, 0.2) is 53.6 Å². The number of sulfonamides is 1. The maximum Gasteiger partial charge on any atom is 0.270 e. The highest BCUT2D eigenvalue weighted by atomic mass is 32.2. The number of non-ortho nitro benzene ring substituents is 1. The number of aromatic amines is 1. The fraction of sp³-hybridized carbons (Fsp3) is 0.200. The average molecular weight is 428 g/mol. The van der Waals surface area contributed by atoms with E-state index in [1.165, 1.54) is 12.1 Å². The minimum atomic E-state index is -4.12. The maximum absolute atomic E-state index is 12.0. The number of nitrogens with zero attached hydrogens (tertiary/aromatic N) is 2. The topological polar surface area (TPSA) is 132 Å². The van der Waals surface area contributed by atoms with Gasteiger partial charge in [0.25, 0.3) is 5.69 Å². The van der Waals surface area contributed by atoms with Crippen LogP contribution in [0.25, 0.3) is 16.5 Å². The first-order chi connectivity index (χ1) is 14.3. The zero-order chi connectivity index (χ0) is 21.5. The molecule has 0 fully saturated rings. The van der Waals surface area contributed by atoms with Crippen LogP contribution in [0.4, 0.5) is 11.4 Å². The maximum atomic E-state index is 12.0. The number of nitro benzene ring substituents is 1. The molecule has 0 saturated heterocycles. The van der Waals surface area contributed by atoms with Gasteiger partial charge in [0.1, 0.15) is 10.6 Å². The van der Waals surface area contributed by atoms with Crippen molar-refractivity contribution < 1.29 is 18.1 Å². The van der Waals surface area contributed by atoms with E-state index in [2.05, 4.69) is 4.98 Å². The van der Waals surface area contributed by atoms with Crippen molar-refractivity contribution in [1.82, 2.24) is 4.98 Å². The number of benzene rings is 2. The predicted molar refractivity (Wildman–Crippen MR) is 114 cm³/mol. The molecule has 1 aliphatic rings. The molecule has 0 saturated carbocycles. The minimum Gasteiger partial charge on any atom is -0.497 e. The Kier molecular flexibility index (Phi) is 4.96. The largest absolute Gasteiger partial charge is 0.497 e. The van der Waals surface area contributed by atoms with Crippen LogP contribution in [0.3, 0.4) is 0 Å². The van der Waals surface area contributed by atoms with E-state index in [1.807, 2.05) is 35.4 Å². The molecular weight excluding hydrogens is 408 g/mol. The number of H-pyrrole nitrogens is 1. The first kappa shape index (κ1) is 19.9. The number of methoxy groups -OCH3 is 1. The summed E-state index contributed by atoms with van der Waals surface area (Å²) in [6.07, 6.45) is 4.65. The van der Waals surface area contributed by atoms with Gasteiger partial charge in [0, 0.05) is 47.9 Å². The number of nitrogens with one attached hydrogen (secondary N) is 1. The Labute approximate surface area is 173 Å². The molecule has 9 nitrogen and oxygen atoms in total. The summed E-state index contributed by atoms with van der Waals surface area (Å²) in [6.45, 7) is 0.995. The summed E-state index contributed by atoms with van der Waals surface area (Å²) >= 11 is 0. The molecule has 0 bridgehead atoms. The Balaban J connectivity index is 1.67. The lowest BCUT2D eigenvalue weighted by Crippen LogP contribution is -2.30. The highest BCUT2D eigenvalue weighted by Crippen LogP contribution is 2.34. The number of ether oxygens (including phenoxy) is 1. The van der Waals surface area contributed by atoms with Crippen LogP contribution in [0, 0.1) is 10.1 Å². The van der Waals surface area contributed by atoms with Crippen LogP contribution in [-0.4, -0.2) is 38.5 Å². The lowest BCUT2D eigenvalue weighted by atomic mass is 9.98. The molecule has 0 radical (unpaired) electrons. The standard InChI is InChI=1S/C20H20N4O5S/c1-29-15-3-4-18-16(11-15)17(12-22-18)13-6-8-23(9-7-13)19-5-2-14(24(25)26)10-20(19)30(21,27)28/h2-6,10-12,22H,7-9H2,1H3,(H2,21,27,28). The van der Waals surface area contributed by atoms with Crippen LogP contribution in [0.1, 0.15) is 12.0 Å². The molecule has 1 aliphatic heterocycles. The molecule has 2 heterocycles. The normalized spacial score (nSPS) is 14.6. The third kappa shape index (κ3) is 3.62. The van der Waals surface area contributed by atoms with Crippen molar-refractivity contribution in [3.8, 4) is 5.75 Å². The molecule has 4 rings (SSSR count). The van der Waals surface area contributed by atoms with Gasteiger partial charge in [0.2, 0.25) is 10.0 Å². The molecule has 10 heteroatoms. The monoisotopic (exact) mass is 428 g/mol. The zero-order valence-corrected chi connectivity index (χ0v) is 17.0. The summed E-state index contributed by atoms with van der Waals surface area (Å²) in [5.74, 6) is 0.769. The number of hydrogen-bond donors (Lipinski definition) is 2. The lowest BCUT2D eigenvalue weighted by molar-refractivity contribution is -0.385. The number of nitrogens with two attached hydrogens (primary N) is 1. The third-order valence-electron chi connectivity index (χ3n) is 5.25. The first-order valence-electron chi connectivity index (χ1n) is 9.18. The van der Waals surface area contributed by atoms with E-state index < -0.39 is 14.9 Å². The Bertz CT molecular complexity index is 1280. The van der Waals surface area contributed by atoms with Crippen LogP contribution >= 0.6 is 0 Å². The first-order valence-corrected chi connectivity index (χ1v) is 10.7. The number of aromatic nitrogens is 1. The molecule has 0 atom stereocenters. The number of hydrogen-bond acceptors (Lipinski definition) is 6. The van der Waals surface area contributed by atoms with E-state index in [0.717, 1.165) is 33.9 Å². The van der Waals surface area contributed by atoms with Crippen LogP contribution in [-0.2, 0) is 10.0 Å². The van der Waals surface area contributed by atoms with Crippen molar-refractivity contribution in [2.75, 3.05) is 25.1 Å². The Hall–Kier alpha value is -3.37. The minimum absolute atomic E-state index is 0.245. The summed E-state index contributed by atoms with van der Waals surface area (Å²) in [6, 6.07) is 9.56. The highest BCUT2D eigenvalue weighted by molar-refractivity contribution is 7.89. The van der Waals surface area contributed by atoms with Crippen LogP contribution in [0.2, 0.25) is 0 Å². The number of primary sulfonamides is 1. The third-order valence-corrected chi connectivity index (χ3v) is 6.19. The molecule has 0 unspecified atom stereocenters. The van der Waals surface area contributed by atoms with E-state index in [1.54, 1.807) is 7.11 Å². The fourth-order valence-electron chi connectivity index (χ4n) is 3.73. The van der Waals surface area contributed by atoms with Crippen molar-refractivity contribution in [1.29, 1.82) is 0 Å². The second-order valence-corrected chi connectivity index (χ2v) is 8.52. The SMILES string of the molecule is COc1ccc2[nH]cc(C3=CCN(c4ccc([N+](=O)[O-])cc4S(N)(=O)=O)CC3)c2c1. The van der Waals surface area contributed by atoms with Gasteiger partial charge >= 0.3 is 0 Å². The van der Waals surface area contributed by atoms with Crippen molar-refractivity contribution in [3.05, 3.63) is 64.3 Å². The van der Waals surface area contributed by atoms with Gasteiger partial charge < -0.3 is 14.6 Å². The van der Waals surface area contributed by atoms with Gasteiger partial charge in [-0.1, -0.05) is 6.08 Å². The van der Waals surface area contributed by atoms with Gasteiger partial charge in [0.05, 0.1) is 17.7 Å². The van der Waals surface area contributed by atoms with Gasteiger partial charge in [-0.2, -0.15) is 0 Å². The van der Waals surface area contributed by atoms with E-state index >= 15 is 0 Å². The summed E-state index contributed by atoms with van der Waals surface area (Å²) in [5, 5.41) is 17.4. The van der Waals surface area contributed by atoms with Gasteiger partial charge in [-0.3, -0.25) is 10.1 Å². The fourth-order valence-corrected chi connectivity index (χ4v) is 4.50. The summed E-state index contributed by atoms with van der Waals surface area (Å²) in [4.78, 5) is 15.2. The molecule has 156 valence electrons. The number of fused-ring (bicyclic) bond motifs is 1. The van der Waals surface area contributed by atoms with Gasteiger partial charge in [-0.15, -0.1) is 0 Å². The van der Waals surface area contributed by atoms with Crippen LogP contribution in [0.5, 0.6) is 5.75 Å². The average Bonchev–Trinajstić information content (AvgIpc) is 3.16.